The van der Waals surface area contributed by atoms with Crippen molar-refractivity contribution >= 4 is 44.6 Å². The van der Waals surface area contributed by atoms with Crippen molar-refractivity contribution in [3.63, 3.8) is 0 Å². The summed E-state index contributed by atoms with van der Waals surface area (Å²) in [5.41, 5.74) is 1.73. The van der Waals surface area contributed by atoms with E-state index in [-0.39, 0.29) is 6.04 Å². The third-order valence-corrected chi connectivity index (χ3v) is 5.20. The van der Waals surface area contributed by atoms with Gasteiger partial charge < -0.3 is 5.32 Å². The predicted octanol–water partition coefficient (Wildman–Crippen LogP) is 4.92. The number of nitrogens with one attached hydrogen (secondary N) is 1. The molecule has 0 saturated carbocycles. The van der Waals surface area contributed by atoms with Crippen LogP contribution >= 0.6 is 38.9 Å². The van der Waals surface area contributed by atoms with Gasteiger partial charge in [-0.15, -0.1) is 11.3 Å². The lowest BCUT2D eigenvalue weighted by Crippen LogP contribution is -2.09. The molecular formula is C14H12BrClN4S. The lowest BCUT2D eigenvalue weighted by molar-refractivity contribution is 0.860. The Balaban J connectivity index is 1.94. The van der Waals surface area contributed by atoms with Gasteiger partial charge in [-0.3, -0.25) is 0 Å². The molecule has 1 atom stereocenters. The highest BCUT2D eigenvalue weighted by atomic mass is 79.9. The van der Waals surface area contributed by atoms with Crippen LogP contribution in [0.25, 0.3) is 5.69 Å². The van der Waals surface area contributed by atoms with E-state index < -0.39 is 0 Å². The normalized spacial score (nSPS) is 12.3. The number of benzene rings is 1. The number of thiophene rings is 1. The zero-order valence-corrected chi connectivity index (χ0v) is 14.3. The summed E-state index contributed by atoms with van der Waals surface area (Å²) in [6.45, 7) is 2.12. The number of para-hydroxylation sites is 1. The molecule has 1 N–H and O–H groups in total. The fraction of sp³-hybridized carbons (Fsp3) is 0.143. The van der Waals surface area contributed by atoms with Crippen LogP contribution in [0.3, 0.4) is 0 Å². The standard InChI is InChI=1S/C14H12BrClN4S/c1-9(13-5-10(15)6-21-13)19-12-4-2-3-11(16)14(12)20-8-17-7-18-20/h2-9,19H,1H3. The first-order chi connectivity index (χ1) is 10.1. The molecule has 0 aliphatic carbocycles. The largest absolute Gasteiger partial charge is 0.376 e. The molecule has 1 aromatic carbocycles. The van der Waals surface area contributed by atoms with E-state index in [1.165, 1.54) is 11.2 Å². The third-order valence-electron chi connectivity index (χ3n) is 3.02. The molecule has 108 valence electrons. The zero-order chi connectivity index (χ0) is 14.8. The second-order valence-electron chi connectivity index (χ2n) is 4.51. The molecule has 4 nitrogen and oxygen atoms in total. The van der Waals surface area contributed by atoms with Crippen LogP contribution in [0.5, 0.6) is 0 Å². The van der Waals surface area contributed by atoms with E-state index in [0.29, 0.717) is 5.02 Å². The SMILES string of the molecule is CC(Nc1cccc(Cl)c1-n1cncn1)c1cc(Br)cs1. The van der Waals surface area contributed by atoms with E-state index in [9.17, 15) is 0 Å². The average Bonchev–Trinajstić information content (AvgIpc) is 3.10. The Morgan fingerprint density at radius 1 is 1.43 bits per heavy atom. The second-order valence-corrected chi connectivity index (χ2v) is 6.78. The maximum atomic E-state index is 6.32. The van der Waals surface area contributed by atoms with Crippen LogP contribution in [0.4, 0.5) is 5.69 Å². The third kappa shape index (κ3) is 3.12. The fourth-order valence-electron chi connectivity index (χ4n) is 2.05. The van der Waals surface area contributed by atoms with Gasteiger partial charge in [-0.25, -0.2) is 9.67 Å². The minimum atomic E-state index is 0.169. The number of nitrogens with zero attached hydrogens (tertiary/aromatic N) is 3. The van der Waals surface area contributed by atoms with Gasteiger partial charge in [0.1, 0.15) is 18.3 Å². The lowest BCUT2D eigenvalue weighted by atomic mass is 10.2. The van der Waals surface area contributed by atoms with Gasteiger partial charge in [0.15, 0.2) is 0 Å². The fourth-order valence-corrected chi connectivity index (χ4v) is 3.76. The van der Waals surface area contributed by atoms with Crippen molar-refractivity contribution < 1.29 is 0 Å². The first-order valence-electron chi connectivity index (χ1n) is 6.29. The van der Waals surface area contributed by atoms with Gasteiger partial charge in [0.25, 0.3) is 0 Å². The molecule has 0 fully saturated rings. The molecule has 1 unspecified atom stereocenters. The molecule has 21 heavy (non-hydrogen) atoms. The van der Waals surface area contributed by atoms with Crippen molar-refractivity contribution in [1.82, 2.24) is 14.8 Å². The highest BCUT2D eigenvalue weighted by Crippen LogP contribution is 2.32. The quantitative estimate of drug-likeness (QED) is 0.695. The highest BCUT2D eigenvalue weighted by molar-refractivity contribution is 9.10. The maximum Gasteiger partial charge on any atom is 0.138 e. The van der Waals surface area contributed by atoms with Crippen molar-refractivity contribution in [3.8, 4) is 5.69 Å². The molecule has 0 aliphatic heterocycles. The van der Waals surface area contributed by atoms with E-state index in [4.69, 9.17) is 11.6 Å². The van der Waals surface area contributed by atoms with E-state index in [1.54, 1.807) is 22.3 Å². The molecule has 0 spiro atoms. The minimum absolute atomic E-state index is 0.169. The number of rotatable bonds is 4. The van der Waals surface area contributed by atoms with Gasteiger partial charge in [0.05, 0.1) is 16.8 Å². The molecule has 3 aromatic rings. The van der Waals surface area contributed by atoms with Crippen LogP contribution in [-0.2, 0) is 0 Å². The Morgan fingerprint density at radius 2 is 2.29 bits per heavy atom. The molecule has 2 aromatic heterocycles. The molecule has 0 amide bonds. The molecule has 0 bridgehead atoms. The van der Waals surface area contributed by atoms with Gasteiger partial charge in [-0.2, -0.15) is 5.10 Å². The number of halogens is 2. The van der Waals surface area contributed by atoms with Gasteiger partial charge in [-0.1, -0.05) is 17.7 Å². The van der Waals surface area contributed by atoms with Crippen LogP contribution in [0.15, 0.2) is 46.8 Å². The second kappa shape index (κ2) is 6.17. The van der Waals surface area contributed by atoms with Gasteiger partial charge in [-0.05, 0) is 41.1 Å². The summed E-state index contributed by atoms with van der Waals surface area (Å²) >= 11 is 11.5. The Morgan fingerprint density at radius 3 is 2.95 bits per heavy atom. The summed E-state index contributed by atoms with van der Waals surface area (Å²) in [5.74, 6) is 0. The van der Waals surface area contributed by atoms with Crippen molar-refractivity contribution in [2.45, 2.75) is 13.0 Å². The Kier molecular flexibility index (Phi) is 4.28. The number of aromatic nitrogens is 3. The highest BCUT2D eigenvalue weighted by Gasteiger charge is 2.14. The summed E-state index contributed by atoms with van der Waals surface area (Å²) in [4.78, 5) is 5.22. The molecule has 0 radical (unpaired) electrons. The molecule has 3 rings (SSSR count). The Labute approximate surface area is 139 Å². The van der Waals surface area contributed by atoms with Crippen molar-refractivity contribution in [3.05, 3.63) is 56.7 Å². The predicted molar refractivity (Wildman–Crippen MR) is 90.4 cm³/mol. The minimum Gasteiger partial charge on any atom is -0.376 e. The summed E-state index contributed by atoms with van der Waals surface area (Å²) < 4.78 is 2.76. The summed E-state index contributed by atoms with van der Waals surface area (Å²) in [7, 11) is 0. The molecule has 0 aliphatic rings. The van der Waals surface area contributed by atoms with E-state index in [0.717, 1.165) is 15.8 Å². The van der Waals surface area contributed by atoms with Crippen LogP contribution in [0.1, 0.15) is 17.8 Å². The van der Waals surface area contributed by atoms with E-state index in [2.05, 4.69) is 49.7 Å². The van der Waals surface area contributed by atoms with E-state index >= 15 is 0 Å². The summed E-state index contributed by atoms with van der Waals surface area (Å²) in [5, 5.41) is 10.4. The zero-order valence-electron chi connectivity index (χ0n) is 11.1. The van der Waals surface area contributed by atoms with Crippen molar-refractivity contribution in [2.24, 2.45) is 0 Å². The number of anilines is 1. The number of hydrogen-bond acceptors (Lipinski definition) is 4. The topological polar surface area (TPSA) is 42.7 Å². The maximum absolute atomic E-state index is 6.32. The molecule has 0 saturated heterocycles. The number of hydrogen-bond donors (Lipinski definition) is 1. The smallest absolute Gasteiger partial charge is 0.138 e. The van der Waals surface area contributed by atoms with Gasteiger partial charge >= 0.3 is 0 Å². The first kappa shape index (κ1) is 14.6. The average molecular weight is 384 g/mol. The molecule has 7 heteroatoms. The lowest BCUT2D eigenvalue weighted by Gasteiger charge is -2.17. The van der Waals surface area contributed by atoms with Crippen molar-refractivity contribution in [2.75, 3.05) is 5.32 Å². The summed E-state index contributed by atoms with van der Waals surface area (Å²) in [6.07, 6.45) is 3.13. The Bertz CT molecular complexity index is 741. The van der Waals surface area contributed by atoms with Crippen LogP contribution in [0.2, 0.25) is 5.02 Å². The monoisotopic (exact) mass is 382 g/mol. The van der Waals surface area contributed by atoms with Gasteiger partial charge in [0, 0.05) is 14.7 Å². The van der Waals surface area contributed by atoms with Gasteiger partial charge in [0.2, 0.25) is 0 Å². The molecule has 2 heterocycles. The first-order valence-corrected chi connectivity index (χ1v) is 8.34. The van der Waals surface area contributed by atoms with E-state index in [1.807, 2.05) is 18.2 Å². The van der Waals surface area contributed by atoms with Crippen LogP contribution in [-0.4, -0.2) is 14.8 Å². The summed E-state index contributed by atoms with van der Waals surface area (Å²) in [6, 6.07) is 8.03. The Hall–Kier alpha value is -1.37. The van der Waals surface area contributed by atoms with Crippen LogP contribution in [0, 0.1) is 0 Å². The molecular weight excluding hydrogens is 372 g/mol. The van der Waals surface area contributed by atoms with Crippen LogP contribution < -0.4 is 5.32 Å². The van der Waals surface area contributed by atoms with Crippen molar-refractivity contribution in [1.29, 1.82) is 0 Å².